The van der Waals surface area contributed by atoms with Gasteiger partial charge in [0.2, 0.25) is 0 Å². The second kappa shape index (κ2) is 10.7. The van der Waals surface area contributed by atoms with Crippen LogP contribution in [0.15, 0.2) is 36.4 Å². The van der Waals surface area contributed by atoms with Gasteiger partial charge in [-0.2, -0.15) is 0 Å². The molecule has 0 aliphatic rings. The molecule has 2 rings (SSSR count). The number of rotatable bonds is 6. The smallest absolute Gasteiger partial charge is 0.122 e. The first kappa shape index (κ1) is 20.0. The highest BCUT2D eigenvalue weighted by atomic mass is 16.5. The Morgan fingerprint density at radius 1 is 0.667 bits per heavy atom. The number of ether oxygens (including phenoxy) is 2. The lowest BCUT2D eigenvalue weighted by atomic mass is 10.1. The molecule has 0 aliphatic carbocycles. The van der Waals surface area contributed by atoms with Gasteiger partial charge in [0.1, 0.15) is 24.7 Å². The first-order valence-corrected chi connectivity index (χ1v) is 8.09. The van der Waals surface area contributed by atoms with E-state index in [0.717, 1.165) is 22.6 Å². The Kier molecular flexibility index (Phi) is 8.90. The standard InChI is InChI=1S/2C10H14O2/c2*1-8-3-4-9(2)10(7-8)12-6-5-11/h2*3-4,7,11H,5-6H2,1-2H3. The van der Waals surface area contributed by atoms with Crippen LogP contribution in [0.4, 0.5) is 0 Å². The van der Waals surface area contributed by atoms with Crippen LogP contribution in [0.1, 0.15) is 22.3 Å². The molecule has 24 heavy (non-hydrogen) atoms. The Morgan fingerprint density at radius 3 is 1.38 bits per heavy atom. The van der Waals surface area contributed by atoms with E-state index in [1.165, 1.54) is 11.1 Å². The van der Waals surface area contributed by atoms with Crippen molar-refractivity contribution in [2.75, 3.05) is 26.4 Å². The highest BCUT2D eigenvalue weighted by Crippen LogP contribution is 2.19. The van der Waals surface area contributed by atoms with Crippen molar-refractivity contribution in [2.45, 2.75) is 27.7 Å². The molecule has 0 aliphatic heterocycles. The van der Waals surface area contributed by atoms with E-state index in [2.05, 4.69) is 0 Å². The van der Waals surface area contributed by atoms with Crippen LogP contribution in [-0.4, -0.2) is 36.6 Å². The summed E-state index contributed by atoms with van der Waals surface area (Å²) in [6, 6.07) is 12.1. The monoisotopic (exact) mass is 332 g/mol. The molecule has 0 radical (unpaired) electrons. The Morgan fingerprint density at radius 2 is 1.04 bits per heavy atom. The Bertz CT molecular complexity index is 568. The van der Waals surface area contributed by atoms with E-state index < -0.39 is 0 Å². The topological polar surface area (TPSA) is 58.9 Å². The van der Waals surface area contributed by atoms with Gasteiger partial charge in [-0.25, -0.2) is 0 Å². The lowest BCUT2D eigenvalue weighted by Gasteiger charge is -2.07. The minimum absolute atomic E-state index is 0.0629. The zero-order valence-electron chi connectivity index (χ0n) is 15.0. The molecule has 0 unspecified atom stereocenters. The van der Waals surface area contributed by atoms with E-state index in [1.807, 2.05) is 64.1 Å². The Balaban J connectivity index is 0.000000240. The van der Waals surface area contributed by atoms with Gasteiger partial charge < -0.3 is 19.7 Å². The third-order valence-corrected chi connectivity index (χ3v) is 3.39. The maximum atomic E-state index is 8.56. The fraction of sp³-hybridized carbons (Fsp3) is 0.400. The summed E-state index contributed by atoms with van der Waals surface area (Å²) in [6.45, 7) is 8.88. The number of aryl methyl sites for hydroxylation is 4. The van der Waals surface area contributed by atoms with Gasteiger partial charge >= 0.3 is 0 Å². The molecule has 2 aromatic carbocycles. The largest absolute Gasteiger partial charge is 0.491 e. The number of aliphatic hydroxyl groups is 2. The second-order valence-corrected chi connectivity index (χ2v) is 5.68. The molecule has 0 heterocycles. The molecule has 2 aromatic rings. The highest BCUT2D eigenvalue weighted by molar-refractivity contribution is 5.36. The summed E-state index contributed by atoms with van der Waals surface area (Å²) >= 11 is 0. The average Bonchev–Trinajstić information content (AvgIpc) is 2.57. The fourth-order valence-electron chi connectivity index (χ4n) is 2.04. The maximum Gasteiger partial charge on any atom is 0.122 e. The summed E-state index contributed by atoms with van der Waals surface area (Å²) in [4.78, 5) is 0. The van der Waals surface area contributed by atoms with Crippen molar-refractivity contribution in [1.82, 2.24) is 0 Å². The molecule has 0 fully saturated rings. The van der Waals surface area contributed by atoms with Crippen molar-refractivity contribution in [3.63, 3.8) is 0 Å². The van der Waals surface area contributed by atoms with Crippen molar-refractivity contribution in [3.8, 4) is 11.5 Å². The van der Waals surface area contributed by atoms with Crippen LogP contribution in [0.3, 0.4) is 0 Å². The summed E-state index contributed by atoms with van der Waals surface area (Å²) in [7, 11) is 0. The summed E-state index contributed by atoms with van der Waals surface area (Å²) in [5.41, 5.74) is 4.56. The molecule has 2 N–H and O–H groups in total. The fourth-order valence-corrected chi connectivity index (χ4v) is 2.04. The predicted octanol–water partition coefficient (Wildman–Crippen LogP) is 3.35. The lowest BCUT2D eigenvalue weighted by Crippen LogP contribution is -2.02. The number of hydrogen-bond donors (Lipinski definition) is 2. The molecule has 0 atom stereocenters. The van der Waals surface area contributed by atoms with Crippen LogP contribution < -0.4 is 9.47 Å². The van der Waals surface area contributed by atoms with Crippen LogP contribution in [0.25, 0.3) is 0 Å². The third-order valence-electron chi connectivity index (χ3n) is 3.39. The third kappa shape index (κ3) is 7.02. The zero-order valence-corrected chi connectivity index (χ0v) is 15.0. The summed E-state index contributed by atoms with van der Waals surface area (Å²) in [5.74, 6) is 1.73. The first-order chi connectivity index (χ1) is 11.5. The van der Waals surface area contributed by atoms with Crippen molar-refractivity contribution >= 4 is 0 Å². The van der Waals surface area contributed by atoms with E-state index >= 15 is 0 Å². The van der Waals surface area contributed by atoms with Gasteiger partial charge in [-0.3, -0.25) is 0 Å². The molecular weight excluding hydrogens is 304 g/mol. The number of aliphatic hydroxyl groups excluding tert-OH is 2. The van der Waals surface area contributed by atoms with Gasteiger partial charge in [0.15, 0.2) is 0 Å². The van der Waals surface area contributed by atoms with E-state index in [-0.39, 0.29) is 13.2 Å². The first-order valence-electron chi connectivity index (χ1n) is 8.09. The van der Waals surface area contributed by atoms with Gasteiger partial charge in [-0.1, -0.05) is 24.3 Å². The van der Waals surface area contributed by atoms with Gasteiger partial charge in [0, 0.05) is 0 Å². The molecule has 0 saturated carbocycles. The van der Waals surface area contributed by atoms with Gasteiger partial charge in [-0.15, -0.1) is 0 Å². The van der Waals surface area contributed by atoms with E-state index in [9.17, 15) is 0 Å². The molecule has 0 amide bonds. The van der Waals surface area contributed by atoms with E-state index in [0.29, 0.717) is 13.2 Å². The summed E-state index contributed by atoms with van der Waals surface area (Å²) in [6.07, 6.45) is 0. The van der Waals surface area contributed by atoms with Gasteiger partial charge in [0.25, 0.3) is 0 Å². The normalized spacial score (nSPS) is 9.92. The van der Waals surface area contributed by atoms with Crippen LogP contribution in [0, 0.1) is 27.7 Å². The predicted molar refractivity (Wildman–Crippen MR) is 97.0 cm³/mol. The van der Waals surface area contributed by atoms with Crippen LogP contribution in [-0.2, 0) is 0 Å². The molecule has 0 saturated heterocycles. The molecule has 4 heteroatoms. The number of hydrogen-bond acceptors (Lipinski definition) is 4. The SMILES string of the molecule is Cc1ccc(C)c(OCCO)c1.Cc1ccc(C)c(OCCO)c1. The average molecular weight is 332 g/mol. The molecular formula is C20H28O4. The molecule has 4 nitrogen and oxygen atoms in total. The molecule has 0 bridgehead atoms. The van der Waals surface area contributed by atoms with Gasteiger partial charge in [-0.05, 0) is 62.1 Å². The van der Waals surface area contributed by atoms with E-state index in [4.69, 9.17) is 19.7 Å². The summed E-state index contributed by atoms with van der Waals surface area (Å²) in [5, 5.41) is 17.1. The molecule has 0 spiro atoms. The van der Waals surface area contributed by atoms with Crippen molar-refractivity contribution < 1.29 is 19.7 Å². The minimum Gasteiger partial charge on any atom is -0.491 e. The van der Waals surface area contributed by atoms with E-state index in [1.54, 1.807) is 0 Å². The number of benzene rings is 2. The minimum atomic E-state index is 0.0629. The zero-order chi connectivity index (χ0) is 17.9. The lowest BCUT2D eigenvalue weighted by molar-refractivity contribution is 0.200. The maximum absolute atomic E-state index is 8.56. The van der Waals surface area contributed by atoms with Crippen LogP contribution >= 0.6 is 0 Å². The quantitative estimate of drug-likeness (QED) is 0.852. The van der Waals surface area contributed by atoms with Crippen molar-refractivity contribution in [2.24, 2.45) is 0 Å². The molecule has 0 aromatic heterocycles. The Labute approximate surface area is 144 Å². The molecule has 132 valence electrons. The van der Waals surface area contributed by atoms with Crippen LogP contribution in [0.5, 0.6) is 11.5 Å². The van der Waals surface area contributed by atoms with Crippen LogP contribution in [0.2, 0.25) is 0 Å². The summed E-state index contributed by atoms with van der Waals surface area (Å²) < 4.78 is 10.6. The Hall–Kier alpha value is -2.04. The highest BCUT2D eigenvalue weighted by Gasteiger charge is 1.98. The second-order valence-electron chi connectivity index (χ2n) is 5.68. The van der Waals surface area contributed by atoms with Crippen molar-refractivity contribution in [1.29, 1.82) is 0 Å². The van der Waals surface area contributed by atoms with Gasteiger partial charge in [0.05, 0.1) is 13.2 Å². The van der Waals surface area contributed by atoms with Crippen molar-refractivity contribution in [3.05, 3.63) is 58.7 Å².